The van der Waals surface area contributed by atoms with E-state index in [1.54, 1.807) is 0 Å². The van der Waals surface area contributed by atoms with E-state index in [-0.39, 0.29) is 0 Å². The summed E-state index contributed by atoms with van der Waals surface area (Å²) in [4.78, 5) is 9.33. The number of nitrogens with zero attached hydrogens (tertiary/aromatic N) is 3. The van der Waals surface area contributed by atoms with Crippen LogP contribution in [0.4, 0.5) is 0 Å². The molecule has 5 heteroatoms. The zero-order chi connectivity index (χ0) is 14.1. The maximum absolute atomic E-state index is 5.95. The van der Waals surface area contributed by atoms with Gasteiger partial charge in [-0.05, 0) is 53.6 Å². The summed E-state index contributed by atoms with van der Waals surface area (Å²) in [5.41, 5.74) is 1.98. The first kappa shape index (κ1) is 14.3. The van der Waals surface area contributed by atoms with E-state index in [0.717, 1.165) is 33.8 Å². The Hall–Kier alpha value is -0.610. The van der Waals surface area contributed by atoms with Crippen molar-refractivity contribution in [2.24, 2.45) is 5.92 Å². The third-order valence-electron chi connectivity index (χ3n) is 4.24. The number of hydrogen-bond acceptors (Lipinski definition) is 2. The van der Waals surface area contributed by atoms with Crippen LogP contribution in [0.3, 0.4) is 0 Å². The summed E-state index contributed by atoms with van der Waals surface area (Å²) in [5, 5.41) is 0. The van der Waals surface area contributed by atoms with Crippen molar-refractivity contribution in [2.75, 3.05) is 5.88 Å². The summed E-state index contributed by atoms with van der Waals surface area (Å²) in [5.74, 6) is 2.54. The second-order valence-corrected chi connectivity index (χ2v) is 7.04. The van der Waals surface area contributed by atoms with E-state index in [2.05, 4.69) is 32.4 Å². The minimum absolute atomic E-state index is 0.531. The Morgan fingerprint density at radius 2 is 2.10 bits per heavy atom. The molecule has 0 saturated heterocycles. The molecule has 0 aliphatic heterocycles. The van der Waals surface area contributed by atoms with Gasteiger partial charge in [0.25, 0.3) is 0 Å². The molecule has 1 aliphatic carbocycles. The van der Waals surface area contributed by atoms with Gasteiger partial charge < -0.3 is 4.57 Å². The van der Waals surface area contributed by atoms with E-state index in [1.165, 1.54) is 25.7 Å². The summed E-state index contributed by atoms with van der Waals surface area (Å²) in [7, 11) is 0. The van der Waals surface area contributed by atoms with Crippen molar-refractivity contribution in [1.82, 2.24) is 14.5 Å². The van der Waals surface area contributed by atoms with Gasteiger partial charge in [-0.1, -0.05) is 6.92 Å². The van der Waals surface area contributed by atoms with Crippen LogP contribution in [0.25, 0.3) is 11.2 Å². The van der Waals surface area contributed by atoms with Crippen molar-refractivity contribution in [3.05, 3.63) is 22.6 Å². The predicted molar refractivity (Wildman–Crippen MR) is 86.3 cm³/mol. The van der Waals surface area contributed by atoms with Crippen molar-refractivity contribution in [3.8, 4) is 0 Å². The number of alkyl halides is 1. The monoisotopic (exact) mass is 355 g/mol. The predicted octanol–water partition coefficient (Wildman–Crippen LogP) is 4.73. The van der Waals surface area contributed by atoms with Gasteiger partial charge in [0.1, 0.15) is 11.3 Å². The molecule has 0 amide bonds. The molecule has 0 unspecified atom stereocenters. The lowest BCUT2D eigenvalue weighted by molar-refractivity contribution is 0.289. The molecule has 0 aromatic carbocycles. The lowest BCUT2D eigenvalue weighted by atomic mass is 9.87. The van der Waals surface area contributed by atoms with Crippen molar-refractivity contribution in [3.63, 3.8) is 0 Å². The standard InChI is InChI=1S/C15H19BrClN3/c1-10-2-4-12(5-3-10)20-14(6-7-17)19-13-8-11(16)9-18-15(13)20/h8-10,12H,2-7H2,1H3. The molecular formula is C15H19BrClN3. The van der Waals surface area contributed by atoms with Crippen LogP contribution in [0, 0.1) is 5.92 Å². The van der Waals surface area contributed by atoms with E-state index in [0.29, 0.717) is 11.9 Å². The normalized spacial score (nSPS) is 23.4. The molecule has 3 nitrogen and oxygen atoms in total. The first-order valence-electron chi connectivity index (χ1n) is 7.27. The number of aryl methyl sites for hydroxylation is 1. The summed E-state index contributed by atoms with van der Waals surface area (Å²) in [6, 6.07) is 2.57. The van der Waals surface area contributed by atoms with E-state index >= 15 is 0 Å². The fraction of sp³-hybridized carbons (Fsp3) is 0.600. The van der Waals surface area contributed by atoms with Crippen LogP contribution >= 0.6 is 27.5 Å². The number of imidazole rings is 1. The lowest BCUT2D eigenvalue weighted by Crippen LogP contribution is -2.19. The number of halogens is 2. The highest BCUT2D eigenvalue weighted by Gasteiger charge is 2.24. The van der Waals surface area contributed by atoms with Crippen LogP contribution < -0.4 is 0 Å². The summed E-state index contributed by atoms with van der Waals surface area (Å²) >= 11 is 9.42. The fourth-order valence-electron chi connectivity index (χ4n) is 3.15. The maximum atomic E-state index is 5.95. The molecular weight excluding hydrogens is 338 g/mol. The smallest absolute Gasteiger partial charge is 0.160 e. The summed E-state index contributed by atoms with van der Waals surface area (Å²) in [6.07, 6.45) is 7.69. The van der Waals surface area contributed by atoms with E-state index in [4.69, 9.17) is 16.6 Å². The van der Waals surface area contributed by atoms with Crippen LogP contribution in [0.2, 0.25) is 0 Å². The van der Waals surface area contributed by atoms with Gasteiger partial charge in [-0.15, -0.1) is 11.6 Å². The highest BCUT2D eigenvalue weighted by Crippen LogP contribution is 2.35. The molecule has 2 heterocycles. The molecule has 0 N–H and O–H groups in total. The van der Waals surface area contributed by atoms with Gasteiger partial charge in [0, 0.05) is 29.0 Å². The van der Waals surface area contributed by atoms with Gasteiger partial charge in [-0.3, -0.25) is 0 Å². The van der Waals surface area contributed by atoms with Crippen LogP contribution in [0.15, 0.2) is 16.7 Å². The van der Waals surface area contributed by atoms with Gasteiger partial charge >= 0.3 is 0 Å². The van der Waals surface area contributed by atoms with Gasteiger partial charge in [0.2, 0.25) is 0 Å². The van der Waals surface area contributed by atoms with Gasteiger partial charge in [0.15, 0.2) is 5.65 Å². The van der Waals surface area contributed by atoms with E-state index in [9.17, 15) is 0 Å². The third kappa shape index (κ3) is 2.73. The minimum Gasteiger partial charge on any atom is -0.310 e. The number of hydrogen-bond donors (Lipinski definition) is 0. The quantitative estimate of drug-likeness (QED) is 0.745. The fourth-order valence-corrected chi connectivity index (χ4v) is 3.64. The molecule has 1 aliphatic rings. The average Bonchev–Trinajstić information content (AvgIpc) is 2.77. The van der Waals surface area contributed by atoms with Crippen molar-refractivity contribution in [1.29, 1.82) is 0 Å². The molecule has 2 aromatic heterocycles. The zero-order valence-corrected chi connectivity index (χ0v) is 14.0. The van der Waals surface area contributed by atoms with Crippen LogP contribution in [0.5, 0.6) is 0 Å². The SMILES string of the molecule is CC1CCC(n2c(CCCl)nc3cc(Br)cnc32)CC1. The molecule has 2 aromatic rings. The Labute approximate surface area is 132 Å². The molecule has 0 bridgehead atoms. The largest absolute Gasteiger partial charge is 0.310 e. The molecule has 1 fully saturated rings. The second kappa shape index (κ2) is 6.02. The Kier molecular flexibility index (Phi) is 4.32. The van der Waals surface area contributed by atoms with Gasteiger partial charge in [-0.2, -0.15) is 0 Å². The summed E-state index contributed by atoms with van der Waals surface area (Å²) in [6.45, 7) is 2.34. The number of pyridine rings is 1. The maximum Gasteiger partial charge on any atom is 0.160 e. The summed E-state index contributed by atoms with van der Waals surface area (Å²) < 4.78 is 3.32. The van der Waals surface area contributed by atoms with Gasteiger partial charge in [-0.25, -0.2) is 9.97 Å². The first-order valence-corrected chi connectivity index (χ1v) is 8.60. The molecule has 1 saturated carbocycles. The van der Waals surface area contributed by atoms with Crippen LogP contribution in [-0.2, 0) is 6.42 Å². The van der Waals surface area contributed by atoms with Crippen molar-refractivity contribution < 1.29 is 0 Å². The van der Waals surface area contributed by atoms with Crippen LogP contribution in [-0.4, -0.2) is 20.4 Å². The van der Waals surface area contributed by atoms with Crippen LogP contribution in [0.1, 0.15) is 44.5 Å². The molecule has 20 heavy (non-hydrogen) atoms. The highest BCUT2D eigenvalue weighted by atomic mass is 79.9. The second-order valence-electron chi connectivity index (χ2n) is 5.75. The van der Waals surface area contributed by atoms with Crippen molar-refractivity contribution in [2.45, 2.75) is 45.1 Å². The number of fused-ring (bicyclic) bond motifs is 1. The number of rotatable bonds is 3. The average molecular weight is 357 g/mol. The highest BCUT2D eigenvalue weighted by molar-refractivity contribution is 9.10. The zero-order valence-electron chi connectivity index (χ0n) is 11.6. The third-order valence-corrected chi connectivity index (χ3v) is 4.86. The van der Waals surface area contributed by atoms with Gasteiger partial charge in [0.05, 0.1) is 0 Å². The molecule has 0 spiro atoms. The lowest BCUT2D eigenvalue weighted by Gasteiger charge is -2.28. The topological polar surface area (TPSA) is 30.7 Å². The molecule has 0 radical (unpaired) electrons. The van der Waals surface area contributed by atoms with E-state index in [1.807, 2.05) is 12.3 Å². The Bertz CT molecular complexity index is 602. The Morgan fingerprint density at radius 1 is 1.35 bits per heavy atom. The molecule has 0 atom stereocenters. The Morgan fingerprint density at radius 3 is 2.80 bits per heavy atom. The molecule has 3 rings (SSSR count). The first-order chi connectivity index (χ1) is 9.69. The van der Waals surface area contributed by atoms with E-state index < -0.39 is 0 Å². The number of aromatic nitrogens is 3. The minimum atomic E-state index is 0.531. The molecule has 108 valence electrons. The Balaban J connectivity index is 2.04. The van der Waals surface area contributed by atoms with Crippen molar-refractivity contribution >= 4 is 38.7 Å².